The Kier molecular flexibility index (Phi) is 7.14. The van der Waals surface area contributed by atoms with Gasteiger partial charge < -0.3 is 9.88 Å². The number of carbonyl (C=O) groups excluding carboxylic acids is 2. The summed E-state index contributed by atoms with van der Waals surface area (Å²) in [6, 6.07) is 11.1. The Morgan fingerprint density at radius 1 is 1.06 bits per heavy atom. The van der Waals surface area contributed by atoms with E-state index >= 15 is 0 Å². The van der Waals surface area contributed by atoms with Gasteiger partial charge in [-0.25, -0.2) is 9.97 Å². The van der Waals surface area contributed by atoms with E-state index in [1.807, 2.05) is 23.2 Å². The van der Waals surface area contributed by atoms with Crippen molar-refractivity contribution >= 4 is 45.7 Å². The topological polar surface area (TPSA) is 88.9 Å². The molecule has 0 saturated heterocycles. The highest BCUT2D eigenvalue weighted by Crippen LogP contribution is 2.31. The number of nitrogens with zero attached hydrogens (tertiary/aromatic N) is 3. The highest BCUT2D eigenvalue weighted by atomic mass is 32.2. The molecule has 0 bridgehead atoms. The second kappa shape index (κ2) is 10.2. The molecule has 4 rings (SSSR count). The molecule has 174 valence electrons. The number of carbonyl (C=O) groups is 2. The summed E-state index contributed by atoms with van der Waals surface area (Å²) in [6.45, 7) is 6.23. The highest BCUT2D eigenvalue weighted by molar-refractivity contribution is 7.99. The summed E-state index contributed by atoms with van der Waals surface area (Å²) in [4.78, 5) is 33.7. The number of amides is 2. The molecule has 0 aliphatic heterocycles. The van der Waals surface area contributed by atoms with Gasteiger partial charge in [-0.05, 0) is 56.2 Å². The van der Waals surface area contributed by atoms with Crippen LogP contribution in [0.5, 0.6) is 0 Å². The molecule has 0 atom stereocenters. The van der Waals surface area contributed by atoms with E-state index in [-0.39, 0.29) is 17.6 Å². The lowest BCUT2D eigenvalue weighted by Gasteiger charge is -2.09. The maximum Gasteiger partial charge on any atom is 0.257 e. The van der Waals surface area contributed by atoms with Crippen molar-refractivity contribution in [2.75, 3.05) is 16.4 Å². The minimum absolute atomic E-state index is 0.137. The van der Waals surface area contributed by atoms with Crippen molar-refractivity contribution < 1.29 is 9.59 Å². The number of imidazole rings is 1. The molecule has 0 saturated carbocycles. The van der Waals surface area contributed by atoms with Gasteiger partial charge in [0.15, 0.2) is 10.3 Å². The second-order valence-corrected chi connectivity index (χ2v) is 9.80. The van der Waals surface area contributed by atoms with Gasteiger partial charge in [0, 0.05) is 41.6 Å². The van der Waals surface area contributed by atoms with E-state index < -0.39 is 0 Å². The van der Waals surface area contributed by atoms with E-state index in [0.717, 1.165) is 27.5 Å². The zero-order valence-electron chi connectivity index (χ0n) is 19.4. The van der Waals surface area contributed by atoms with Crippen LogP contribution in [0.25, 0.3) is 11.3 Å². The first-order valence-electron chi connectivity index (χ1n) is 10.7. The quantitative estimate of drug-likeness (QED) is 0.336. The van der Waals surface area contributed by atoms with Crippen LogP contribution in [0.2, 0.25) is 0 Å². The molecule has 0 fully saturated rings. The van der Waals surface area contributed by atoms with Crippen LogP contribution < -0.4 is 10.6 Å². The van der Waals surface area contributed by atoms with Crippen LogP contribution in [-0.4, -0.2) is 32.1 Å². The maximum absolute atomic E-state index is 12.7. The number of thioether (sulfide) groups is 1. The van der Waals surface area contributed by atoms with Gasteiger partial charge in [0.1, 0.15) is 0 Å². The van der Waals surface area contributed by atoms with Crippen LogP contribution in [0.4, 0.5) is 10.8 Å². The molecular weight excluding hydrogens is 466 g/mol. The number of aromatic nitrogens is 3. The van der Waals surface area contributed by atoms with Crippen LogP contribution in [0.1, 0.15) is 27.0 Å². The smallest absolute Gasteiger partial charge is 0.257 e. The Labute approximate surface area is 206 Å². The Morgan fingerprint density at radius 2 is 1.76 bits per heavy atom. The first kappa shape index (κ1) is 23.7. The largest absolute Gasteiger partial charge is 0.329 e. The third kappa shape index (κ3) is 5.55. The molecule has 2 amide bonds. The van der Waals surface area contributed by atoms with Crippen molar-refractivity contribution in [1.29, 1.82) is 0 Å². The molecule has 2 aromatic heterocycles. The summed E-state index contributed by atoms with van der Waals surface area (Å²) >= 11 is 2.76. The summed E-state index contributed by atoms with van der Waals surface area (Å²) in [6.07, 6.45) is 3.53. The lowest BCUT2D eigenvalue weighted by molar-refractivity contribution is -0.113. The zero-order chi connectivity index (χ0) is 24.2. The van der Waals surface area contributed by atoms with Gasteiger partial charge in [0.2, 0.25) is 5.91 Å². The summed E-state index contributed by atoms with van der Waals surface area (Å²) < 4.78 is 1.86. The summed E-state index contributed by atoms with van der Waals surface area (Å²) in [5, 5.41) is 8.99. The van der Waals surface area contributed by atoms with E-state index in [2.05, 4.69) is 53.5 Å². The number of hydrogen-bond acceptors (Lipinski definition) is 6. The lowest BCUT2D eigenvalue weighted by atomic mass is 9.98. The summed E-state index contributed by atoms with van der Waals surface area (Å²) in [7, 11) is 1.88. The van der Waals surface area contributed by atoms with Crippen molar-refractivity contribution in [2.24, 2.45) is 7.05 Å². The first-order valence-corrected chi connectivity index (χ1v) is 12.5. The third-order valence-corrected chi connectivity index (χ3v) is 7.01. The van der Waals surface area contributed by atoms with Crippen LogP contribution in [0.15, 0.2) is 59.3 Å². The average molecular weight is 492 g/mol. The van der Waals surface area contributed by atoms with Gasteiger partial charge in [-0.15, -0.1) is 11.3 Å². The molecule has 0 radical (unpaired) electrons. The number of thiazole rings is 1. The molecule has 0 spiro atoms. The van der Waals surface area contributed by atoms with Crippen LogP contribution in [-0.2, 0) is 11.8 Å². The molecule has 7 nitrogen and oxygen atoms in total. The third-order valence-electron chi connectivity index (χ3n) is 5.20. The predicted octanol–water partition coefficient (Wildman–Crippen LogP) is 5.45. The minimum atomic E-state index is -0.249. The van der Waals surface area contributed by atoms with Gasteiger partial charge in [-0.1, -0.05) is 29.5 Å². The Bertz CT molecular complexity index is 1320. The van der Waals surface area contributed by atoms with E-state index in [0.29, 0.717) is 16.4 Å². The molecular formula is C25H25N5O2S2. The van der Waals surface area contributed by atoms with E-state index in [9.17, 15) is 9.59 Å². The van der Waals surface area contributed by atoms with Gasteiger partial charge in [-0.3, -0.25) is 14.9 Å². The molecule has 2 heterocycles. The monoisotopic (exact) mass is 491 g/mol. The average Bonchev–Trinajstić information content (AvgIpc) is 3.41. The van der Waals surface area contributed by atoms with Crippen LogP contribution in [0.3, 0.4) is 0 Å². The number of anilines is 2. The van der Waals surface area contributed by atoms with E-state index in [4.69, 9.17) is 0 Å². The number of rotatable bonds is 7. The molecule has 2 N–H and O–H groups in total. The normalized spacial score (nSPS) is 10.8. The Morgan fingerprint density at radius 3 is 2.41 bits per heavy atom. The fourth-order valence-corrected chi connectivity index (χ4v) is 5.15. The summed E-state index contributed by atoms with van der Waals surface area (Å²) in [5.41, 5.74) is 6.62. The Balaban J connectivity index is 1.35. The van der Waals surface area contributed by atoms with E-state index in [1.165, 1.54) is 28.7 Å². The number of benzene rings is 2. The molecule has 0 aliphatic rings. The maximum atomic E-state index is 12.7. The predicted molar refractivity (Wildman–Crippen MR) is 139 cm³/mol. The first-order chi connectivity index (χ1) is 16.3. The van der Waals surface area contributed by atoms with E-state index in [1.54, 1.807) is 30.5 Å². The van der Waals surface area contributed by atoms with Crippen LogP contribution >= 0.6 is 23.1 Å². The second-order valence-electron chi connectivity index (χ2n) is 8.00. The van der Waals surface area contributed by atoms with Gasteiger partial charge in [-0.2, -0.15) is 0 Å². The van der Waals surface area contributed by atoms with Crippen molar-refractivity contribution in [1.82, 2.24) is 14.5 Å². The van der Waals surface area contributed by atoms with Crippen molar-refractivity contribution in [3.05, 3.63) is 76.4 Å². The van der Waals surface area contributed by atoms with Crippen LogP contribution in [0, 0.1) is 20.8 Å². The van der Waals surface area contributed by atoms with Gasteiger partial charge >= 0.3 is 0 Å². The zero-order valence-corrected chi connectivity index (χ0v) is 21.0. The lowest BCUT2D eigenvalue weighted by Crippen LogP contribution is -2.15. The van der Waals surface area contributed by atoms with Crippen molar-refractivity contribution in [3.8, 4) is 11.3 Å². The van der Waals surface area contributed by atoms with Crippen molar-refractivity contribution in [2.45, 2.75) is 25.9 Å². The molecule has 4 aromatic rings. The SMILES string of the molecule is Cc1cc(C)c(-c2csc(NC(=O)c3ccc(NC(=O)CSc4nccn4C)cc3)n2)c(C)c1. The highest BCUT2D eigenvalue weighted by Gasteiger charge is 2.14. The number of aryl methyl sites for hydroxylation is 4. The summed E-state index contributed by atoms with van der Waals surface area (Å²) in [5.74, 6) is -0.136. The molecule has 0 aliphatic carbocycles. The molecule has 0 unspecified atom stereocenters. The number of nitrogens with one attached hydrogen (secondary N) is 2. The van der Waals surface area contributed by atoms with Gasteiger partial charge in [0.05, 0.1) is 11.4 Å². The fraction of sp³-hybridized carbons (Fsp3) is 0.200. The van der Waals surface area contributed by atoms with Gasteiger partial charge in [0.25, 0.3) is 5.91 Å². The molecule has 2 aromatic carbocycles. The molecule has 34 heavy (non-hydrogen) atoms. The standard InChI is InChI=1S/C25H25N5O2S2/c1-15-11-16(2)22(17(3)12-15)20-13-33-24(28-20)29-23(32)18-5-7-19(8-6-18)27-21(31)14-34-25-26-9-10-30(25)4/h5-13H,14H2,1-4H3,(H,27,31)(H,28,29,32). The fourth-order valence-electron chi connectivity index (χ4n) is 3.72. The molecule has 9 heteroatoms. The Hall–Kier alpha value is -3.43. The number of hydrogen-bond donors (Lipinski definition) is 2. The minimum Gasteiger partial charge on any atom is -0.329 e. The van der Waals surface area contributed by atoms with Crippen molar-refractivity contribution in [3.63, 3.8) is 0 Å².